The molecule has 1 saturated heterocycles. The van der Waals surface area contributed by atoms with Gasteiger partial charge in [0.15, 0.2) is 0 Å². The van der Waals surface area contributed by atoms with Gasteiger partial charge in [-0.1, -0.05) is 36.4 Å². The third-order valence-electron chi connectivity index (χ3n) is 6.27. The molecule has 3 unspecified atom stereocenters. The van der Waals surface area contributed by atoms with Gasteiger partial charge >= 0.3 is 0 Å². The summed E-state index contributed by atoms with van der Waals surface area (Å²) in [5.74, 6) is 0.920. The minimum Gasteiger partial charge on any atom is -0.320 e. The van der Waals surface area contributed by atoms with Crippen molar-refractivity contribution in [2.75, 3.05) is 14.1 Å². The highest BCUT2D eigenvalue weighted by Crippen LogP contribution is 2.43. The molecule has 0 spiro atoms. The van der Waals surface area contributed by atoms with E-state index in [2.05, 4.69) is 67.6 Å². The first-order valence-electron chi connectivity index (χ1n) is 9.16. The Bertz CT molecular complexity index is 677. The van der Waals surface area contributed by atoms with Crippen molar-refractivity contribution in [1.82, 2.24) is 4.98 Å². The molecule has 4 rings (SSSR count). The standard InChI is InChI=1S/C22H27N2/c1-24(2)19-12-11-17(14-19)15-20(24)16-21(18-8-4-3-5-9-18)22-10-6-7-13-23-22/h3-10,13,16-17,19-20H,11-12,14-15H2,1-2H3/q+1. The van der Waals surface area contributed by atoms with Gasteiger partial charge in [0.2, 0.25) is 0 Å². The average Bonchev–Trinajstić information content (AvgIpc) is 3.05. The molecule has 2 aliphatic rings. The Labute approximate surface area is 145 Å². The highest BCUT2D eigenvalue weighted by molar-refractivity contribution is 5.78. The lowest BCUT2D eigenvalue weighted by Crippen LogP contribution is -2.56. The molecular weight excluding hydrogens is 292 g/mol. The van der Waals surface area contributed by atoms with Crippen LogP contribution in [0, 0.1) is 5.92 Å². The van der Waals surface area contributed by atoms with Gasteiger partial charge in [0.1, 0.15) is 6.04 Å². The van der Waals surface area contributed by atoms with Crippen molar-refractivity contribution < 1.29 is 4.48 Å². The fraction of sp³-hybridized carbons (Fsp3) is 0.409. The molecule has 2 heteroatoms. The van der Waals surface area contributed by atoms with Gasteiger partial charge in [-0.05, 0) is 42.5 Å². The van der Waals surface area contributed by atoms with E-state index in [1.165, 1.54) is 36.8 Å². The monoisotopic (exact) mass is 319 g/mol. The molecule has 1 aliphatic carbocycles. The van der Waals surface area contributed by atoms with Crippen molar-refractivity contribution in [1.29, 1.82) is 0 Å². The molecule has 0 amide bonds. The zero-order valence-corrected chi connectivity index (χ0v) is 14.7. The number of hydrogen-bond acceptors (Lipinski definition) is 1. The quantitative estimate of drug-likeness (QED) is 0.757. The van der Waals surface area contributed by atoms with E-state index in [-0.39, 0.29) is 0 Å². The van der Waals surface area contributed by atoms with Gasteiger partial charge in [-0.2, -0.15) is 0 Å². The third-order valence-corrected chi connectivity index (χ3v) is 6.27. The van der Waals surface area contributed by atoms with E-state index in [9.17, 15) is 0 Å². The lowest BCUT2D eigenvalue weighted by Gasteiger charge is -2.45. The Morgan fingerprint density at radius 2 is 1.79 bits per heavy atom. The van der Waals surface area contributed by atoms with E-state index in [0.29, 0.717) is 6.04 Å². The Morgan fingerprint density at radius 1 is 1.00 bits per heavy atom. The summed E-state index contributed by atoms with van der Waals surface area (Å²) < 4.78 is 1.12. The molecule has 1 aromatic heterocycles. The molecule has 2 aromatic rings. The van der Waals surface area contributed by atoms with Crippen molar-refractivity contribution >= 4 is 5.57 Å². The molecule has 2 bridgehead atoms. The predicted molar refractivity (Wildman–Crippen MR) is 99.4 cm³/mol. The van der Waals surface area contributed by atoms with Crippen LogP contribution in [0.25, 0.3) is 5.57 Å². The van der Waals surface area contributed by atoms with Crippen molar-refractivity contribution in [3.8, 4) is 0 Å². The first-order chi connectivity index (χ1) is 11.6. The van der Waals surface area contributed by atoms with Crippen LogP contribution in [0.3, 0.4) is 0 Å². The zero-order chi connectivity index (χ0) is 16.6. The fourth-order valence-electron chi connectivity index (χ4n) is 4.67. The smallest absolute Gasteiger partial charge is 0.109 e. The number of aromatic nitrogens is 1. The summed E-state index contributed by atoms with van der Waals surface area (Å²) in [7, 11) is 4.85. The molecule has 1 aliphatic heterocycles. The first-order valence-corrected chi connectivity index (χ1v) is 9.16. The van der Waals surface area contributed by atoms with Gasteiger partial charge in [-0.3, -0.25) is 4.98 Å². The van der Waals surface area contributed by atoms with Crippen LogP contribution in [-0.2, 0) is 0 Å². The summed E-state index contributed by atoms with van der Waals surface area (Å²) in [6.07, 6.45) is 9.96. The Hall–Kier alpha value is -1.93. The van der Waals surface area contributed by atoms with Crippen LogP contribution in [0.5, 0.6) is 0 Å². The van der Waals surface area contributed by atoms with E-state index in [4.69, 9.17) is 0 Å². The van der Waals surface area contributed by atoms with Crippen LogP contribution >= 0.6 is 0 Å². The van der Waals surface area contributed by atoms with Gasteiger partial charge in [0.05, 0.1) is 25.8 Å². The Morgan fingerprint density at radius 3 is 2.54 bits per heavy atom. The summed E-state index contributed by atoms with van der Waals surface area (Å²) in [5.41, 5.74) is 3.64. The van der Waals surface area contributed by atoms with Crippen molar-refractivity contribution in [3.63, 3.8) is 0 Å². The number of likely N-dealkylation sites (N-methyl/N-ethyl adjacent to an activating group) is 1. The van der Waals surface area contributed by atoms with E-state index >= 15 is 0 Å². The van der Waals surface area contributed by atoms with Crippen LogP contribution in [0.15, 0.2) is 60.8 Å². The number of hydrogen-bond donors (Lipinski definition) is 0. The molecule has 124 valence electrons. The fourth-order valence-corrected chi connectivity index (χ4v) is 4.67. The van der Waals surface area contributed by atoms with Gasteiger partial charge < -0.3 is 4.48 Å². The number of quaternary nitrogens is 1. The number of pyridine rings is 1. The lowest BCUT2D eigenvalue weighted by atomic mass is 9.88. The second-order valence-electron chi connectivity index (χ2n) is 7.93. The Balaban J connectivity index is 1.77. The number of fused-ring (bicyclic) bond motifs is 2. The molecule has 2 nitrogen and oxygen atoms in total. The van der Waals surface area contributed by atoms with Crippen LogP contribution in [0.2, 0.25) is 0 Å². The van der Waals surface area contributed by atoms with Crippen molar-refractivity contribution in [2.24, 2.45) is 5.92 Å². The van der Waals surface area contributed by atoms with E-state index in [1.807, 2.05) is 12.3 Å². The molecule has 1 saturated carbocycles. The maximum Gasteiger partial charge on any atom is 0.109 e. The van der Waals surface area contributed by atoms with Gasteiger partial charge in [-0.15, -0.1) is 0 Å². The number of benzene rings is 1. The maximum absolute atomic E-state index is 4.65. The largest absolute Gasteiger partial charge is 0.320 e. The molecule has 0 N–H and O–H groups in total. The summed E-state index contributed by atoms with van der Waals surface area (Å²) in [6.45, 7) is 0. The summed E-state index contributed by atoms with van der Waals surface area (Å²) >= 11 is 0. The van der Waals surface area contributed by atoms with Crippen LogP contribution in [0.1, 0.15) is 36.9 Å². The lowest BCUT2D eigenvalue weighted by molar-refractivity contribution is -0.936. The summed E-state index contributed by atoms with van der Waals surface area (Å²) in [4.78, 5) is 4.65. The second kappa shape index (κ2) is 6.18. The number of likely N-dealkylation sites (tertiary alicyclic amines) is 1. The van der Waals surface area contributed by atoms with Crippen LogP contribution in [0.4, 0.5) is 0 Å². The number of nitrogens with zero attached hydrogens (tertiary/aromatic N) is 2. The SMILES string of the molecule is C[N+]1(C)C(C=C(c2ccccc2)c2ccccn2)CC2CCC1C2. The number of piperidine rings is 1. The van der Waals surface area contributed by atoms with E-state index < -0.39 is 0 Å². The van der Waals surface area contributed by atoms with Gasteiger partial charge in [-0.25, -0.2) is 0 Å². The predicted octanol–water partition coefficient (Wildman–Crippen LogP) is 4.53. The Kier molecular flexibility index (Phi) is 4.01. The molecular formula is C22H27N2+. The van der Waals surface area contributed by atoms with Crippen LogP contribution in [-0.4, -0.2) is 35.6 Å². The van der Waals surface area contributed by atoms with Gasteiger partial charge in [0.25, 0.3) is 0 Å². The van der Waals surface area contributed by atoms with Crippen LogP contribution < -0.4 is 0 Å². The van der Waals surface area contributed by atoms with Crippen molar-refractivity contribution in [3.05, 3.63) is 72.1 Å². The average molecular weight is 319 g/mol. The molecule has 1 aromatic carbocycles. The minimum atomic E-state index is 0.577. The normalized spacial score (nSPS) is 28.8. The first kappa shape index (κ1) is 15.6. The summed E-state index contributed by atoms with van der Waals surface area (Å²) in [6, 6.07) is 18.4. The molecule has 3 atom stereocenters. The van der Waals surface area contributed by atoms with E-state index in [1.54, 1.807) is 0 Å². The zero-order valence-electron chi connectivity index (χ0n) is 14.7. The third kappa shape index (κ3) is 2.80. The maximum atomic E-state index is 4.65. The molecule has 24 heavy (non-hydrogen) atoms. The van der Waals surface area contributed by atoms with Gasteiger partial charge in [0, 0.05) is 24.6 Å². The number of rotatable bonds is 3. The van der Waals surface area contributed by atoms with E-state index in [0.717, 1.165) is 22.1 Å². The molecule has 2 heterocycles. The molecule has 2 fully saturated rings. The molecule has 0 radical (unpaired) electrons. The highest BCUT2D eigenvalue weighted by atomic mass is 15.4. The van der Waals surface area contributed by atoms with Crippen molar-refractivity contribution in [2.45, 2.75) is 37.8 Å². The highest BCUT2D eigenvalue weighted by Gasteiger charge is 2.46. The second-order valence-corrected chi connectivity index (χ2v) is 7.93. The topological polar surface area (TPSA) is 12.9 Å². The minimum absolute atomic E-state index is 0.577. The summed E-state index contributed by atoms with van der Waals surface area (Å²) in [5, 5.41) is 0.